The molecule has 1 unspecified atom stereocenters. The molecule has 0 aromatic carbocycles. The molecule has 2 nitrogen and oxygen atoms in total. The summed E-state index contributed by atoms with van der Waals surface area (Å²) >= 11 is 0. The van der Waals surface area contributed by atoms with Gasteiger partial charge in [-0.05, 0) is 76.9 Å². The van der Waals surface area contributed by atoms with E-state index in [1.165, 1.54) is 70.6 Å². The summed E-state index contributed by atoms with van der Waals surface area (Å²) in [6.07, 6.45) is 15.6. The number of ether oxygens (including phenoxy) is 2. The van der Waals surface area contributed by atoms with Crippen molar-refractivity contribution in [1.82, 2.24) is 0 Å². The Balaban J connectivity index is 0.000000186. The first-order valence-corrected chi connectivity index (χ1v) is 15.2. The van der Waals surface area contributed by atoms with Gasteiger partial charge in [-0.3, -0.25) is 0 Å². The molecule has 0 aromatic heterocycles. The Morgan fingerprint density at radius 3 is 1.31 bits per heavy atom. The summed E-state index contributed by atoms with van der Waals surface area (Å²) in [4.78, 5) is 0. The number of fused-ring (bicyclic) bond motifs is 1. The van der Waals surface area contributed by atoms with Crippen molar-refractivity contribution in [3.05, 3.63) is 0 Å². The SMILES string of the molecule is CC(C)(C)C1[C@H]2COC[C@@H]12.CCC1(C(C)(C)C)CCCCC1.COCC1(C(C)(C)C)CCCCC1. The standard InChI is InChI=1S/C12H24O.C12H24.C9H16O/c1-11(2,3)12(10-13-4)8-6-5-7-9-12;1-5-12(11(2,3)4)9-7-6-8-10-12;1-9(2,3)8-6-4-10-5-7(6)8/h5-10H2,1-4H3;5-10H2,1-4H3;6-8H,4-5H2,1-3H3/t;;6-,7+,8?. The lowest BCUT2D eigenvalue weighted by Gasteiger charge is -2.47. The van der Waals surface area contributed by atoms with Gasteiger partial charge in [0.25, 0.3) is 0 Å². The van der Waals surface area contributed by atoms with Crippen molar-refractivity contribution in [3.63, 3.8) is 0 Å². The molecular weight excluding hydrogens is 428 g/mol. The normalized spacial score (nSPS) is 29.7. The number of hydrogen-bond donors (Lipinski definition) is 0. The largest absolute Gasteiger partial charge is 0.384 e. The molecule has 2 heteroatoms. The molecule has 3 aliphatic carbocycles. The summed E-state index contributed by atoms with van der Waals surface area (Å²) in [5.74, 6) is 2.79. The Morgan fingerprint density at radius 1 is 0.657 bits per heavy atom. The van der Waals surface area contributed by atoms with E-state index < -0.39 is 0 Å². The monoisotopic (exact) mass is 492 g/mol. The van der Waals surface area contributed by atoms with E-state index in [0.717, 1.165) is 37.6 Å². The third-order valence-corrected chi connectivity index (χ3v) is 10.9. The summed E-state index contributed by atoms with van der Waals surface area (Å²) in [6, 6.07) is 0. The highest BCUT2D eigenvalue weighted by Gasteiger charge is 2.58. The maximum atomic E-state index is 5.41. The van der Waals surface area contributed by atoms with Crippen molar-refractivity contribution >= 4 is 0 Å². The van der Waals surface area contributed by atoms with Gasteiger partial charge in [-0.2, -0.15) is 0 Å². The number of rotatable bonds is 3. The molecule has 1 saturated heterocycles. The molecule has 0 spiro atoms. The van der Waals surface area contributed by atoms with Crippen molar-refractivity contribution in [2.45, 2.75) is 140 Å². The molecule has 4 rings (SSSR count). The van der Waals surface area contributed by atoms with Crippen molar-refractivity contribution in [3.8, 4) is 0 Å². The topological polar surface area (TPSA) is 18.5 Å². The van der Waals surface area contributed by atoms with Gasteiger partial charge < -0.3 is 9.47 Å². The smallest absolute Gasteiger partial charge is 0.0523 e. The number of methoxy groups -OCH3 is 1. The average molecular weight is 493 g/mol. The molecule has 4 fully saturated rings. The van der Waals surface area contributed by atoms with Gasteiger partial charge in [0.05, 0.1) is 19.8 Å². The second-order valence-corrected chi connectivity index (χ2v) is 15.7. The van der Waals surface area contributed by atoms with Crippen molar-refractivity contribution < 1.29 is 9.47 Å². The minimum absolute atomic E-state index is 0.392. The fourth-order valence-electron chi connectivity index (χ4n) is 8.00. The van der Waals surface area contributed by atoms with E-state index >= 15 is 0 Å². The first-order valence-electron chi connectivity index (χ1n) is 15.2. The van der Waals surface area contributed by atoms with Gasteiger partial charge >= 0.3 is 0 Å². The van der Waals surface area contributed by atoms with E-state index in [0.29, 0.717) is 27.1 Å². The molecule has 1 heterocycles. The third-order valence-electron chi connectivity index (χ3n) is 10.9. The van der Waals surface area contributed by atoms with Gasteiger partial charge in [-0.15, -0.1) is 0 Å². The van der Waals surface area contributed by atoms with Crippen LogP contribution in [0.1, 0.15) is 140 Å². The lowest BCUT2D eigenvalue weighted by Crippen LogP contribution is -2.41. The summed E-state index contributed by atoms with van der Waals surface area (Å²) in [6.45, 7) is 26.7. The molecule has 1 aliphatic heterocycles. The van der Waals surface area contributed by atoms with Crippen LogP contribution in [-0.4, -0.2) is 26.9 Å². The van der Waals surface area contributed by atoms with E-state index in [1.54, 1.807) is 0 Å². The van der Waals surface area contributed by atoms with E-state index in [2.05, 4.69) is 69.2 Å². The van der Waals surface area contributed by atoms with Gasteiger partial charge in [-0.1, -0.05) is 108 Å². The maximum absolute atomic E-state index is 5.41. The molecule has 0 bridgehead atoms. The van der Waals surface area contributed by atoms with Crippen LogP contribution in [0.4, 0.5) is 0 Å². The fraction of sp³-hybridized carbons (Fsp3) is 1.00. The zero-order chi connectivity index (χ0) is 26.5. The lowest BCUT2D eigenvalue weighted by atomic mass is 9.58. The predicted octanol–water partition coefficient (Wildman–Crippen LogP) is 9.95. The van der Waals surface area contributed by atoms with Crippen molar-refractivity contribution in [2.75, 3.05) is 26.9 Å². The van der Waals surface area contributed by atoms with Crippen LogP contribution in [0.3, 0.4) is 0 Å². The Hall–Kier alpha value is -0.0800. The number of hydrogen-bond acceptors (Lipinski definition) is 2. The zero-order valence-electron chi connectivity index (χ0n) is 25.9. The Bertz CT molecular complexity index is 587. The van der Waals surface area contributed by atoms with E-state index in [4.69, 9.17) is 9.47 Å². The molecule has 4 aliphatic rings. The Morgan fingerprint density at radius 2 is 1.06 bits per heavy atom. The lowest BCUT2D eigenvalue weighted by molar-refractivity contribution is -0.0349. The highest BCUT2D eigenvalue weighted by Crippen LogP contribution is 2.59. The highest BCUT2D eigenvalue weighted by atomic mass is 16.5. The molecule has 3 saturated carbocycles. The van der Waals surface area contributed by atoms with Crippen LogP contribution in [0.15, 0.2) is 0 Å². The maximum Gasteiger partial charge on any atom is 0.0523 e. The molecule has 208 valence electrons. The molecular formula is C33H64O2. The molecule has 0 radical (unpaired) electrons. The van der Waals surface area contributed by atoms with Crippen molar-refractivity contribution in [2.24, 2.45) is 44.8 Å². The predicted molar refractivity (Wildman–Crippen MR) is 153 cm³/mol. The minimum Gasteiger partial charge on any atom is -0.384 e. The van der Waals surface area contributed by atoms with Crippen molar-refractivity contribution in [1.29, 1.82) is 0 Å². The third kappa shape index (κ3) is 7.72. The summed E-state index contributed by atoms with van der Waals surface area (Å²) in [5.41, 5.74) is 2.54. The van der Waals surface area contributed by atoms with E-state index in [-0.39, 0.29) is 0 Å². The van der Waals surface area contributed by atoms with Gasteiger partial charge in [0.1, 0.15) is 0 Å². The summed E-state index contributed by atoms with van der Waals surface area (Å²) in [7, 11) is 1.84. The molecule has 0 aromatic rings. The second-order valence-electron chi connectivity index (χ2n) is 15.7. The molecule has 35 heavy (non-hydrogen) atoms. The van der Waals surface area contributed by atoms with Crippen LogP contribution in [0.25, 0.3) is 0 Å². The van der Waals surface area contributed by atoms with Crippen LogP contribution in [0, 0.1) is 44.8 Å². The average Bonchev–Trinajstić information content (AvgIpc) is 3.30. The first-order chi connectivity index (χ1) is 16.1. The van der Waals surface area contributed by atoms with Gasteiger partial charge in [0.15, 0.2) is 0 Å². The van der Waals surface area contributed by atoms with Gasteiger partial charge in [0.2, 0.25) is 0 Å². The molecule has 0 amide bonds. The molecule has 3 atom stereocenters. The second kappa shape index (κ2) is 12.2. The minimum atomic E-state index is 0.392. The first kappa shape index (κ1) is 31.1. The van der Waals surface area contributed by atoms with Gasteiger partial charge in [-0.25, -0.2) is 0 Å². The Labute approximate surface area is 221 Å². The zero-order valence-corrected chi connectivity index (χ0v) is 25.9. The van der Waals surface area contributed by atoms with E-state index in [9.17, 15) is 0 Å². The van der Waals surface area contributed by atoms with Crippen LogP contribution < -0.4 is 0 Å². The van der Waals surface area contributed by atoms with E-state index in [1.807, 2.05) is 7.11 Å². The van der Waals surface area contributed by atoms with Crippen LogP contribution >= 0.6 is 0 Å². The van der Waals surface area contributed by atoms with Gasteiger partial charge in [0, 0.05) is 7.11 Å². The Kier molecular flexibility index (Phi) is 10.8. The van der Waals surface area contributed by atoms with Crippen LogP contribution in [0.2, 0.25) is 0 Å². The molecule has 0 N–H and O–H groups in total. The quantitative estimate of drug-likeness (QED) is 0.390. The summed E-state index contributed by atoms with van der Waals surface area (Å²) < 4.78 is 10.7. The fourth-order valence-corrected chi connectivity index (χ4v) is 8.00. The van der Waals surface area contributed by atoms with Crippen LogP contribution in [-0.2, 0) is 9.47 Å². The highest BCUT2D eigenvalue weighted by molar-refractivity contribution is 5.05. The van der Waals surface area contributed by atoms with Crippen LogP contribution in [0.5, 0.6) is 0 Å². The summed E-state index contributed by atoms with van der Waals surface area (Å²) in [5, 5.41) is 0.